The van der Waals surface area contributed by atoms with Crippen LogP contribution in [0.5, 0.6) is 0 Å². The molecule has 1 aromatic carbocycles. The number of nitrogens with zero attached hydrogens (tertiary/aromatic N) is 1. The molecule has 0 heterocycles. The monoisotopic (exact) mass is 198 g/mol. The Labute approximate surface area is 83.2 Å². The molecule has 0 saturated heterocycles. The van der Waals surface area contributed by atoms with Crippen LogP contribution in [0.2, 0.25) is 0 Å². The third kappa shape index (κ3) is 2.77. The molecular formula is C10H15FN2O. The molecule has 1 unspecified atom stereocenters. The van der Waals surface area contributed by atoms with Gasteiger partial charge in [0.15, 0.2) is 0 Å². The average Bonchev–Trinajstić information content (AvgIpc) is 2.15. The van der Waals surface area contributed by atoms with Crippen molar-refractivity contribution in [1.82, 2.24) is 5.01 Å². The van der Waals surface area contributed by atoms with E-state index in [0.29, 0.717) is 12.1 Å². The van der Waals surface area contributed by atoms with Crippen LogP contribution in [0.15, 0.2) is 24.3 Å². The molecule has 0 bridgehead atoms. The minimum Gasteiger partial charge on any atom is -0.375 e. The zero-order chi connectivity index (χ0) is 10.6. The van der Waals surface area contributed by atoms with E-state index in [1.165, 1.54) is 11.1 Å². The summed E-state index contributed by atoms with van der Waals surface area (Å²) in [5.74, 6) is 5.22. The van der Waals surface area contributed by atoms with E-state index in [1.807, 2.05) is 0 Å². The maximum absolute atomic E-state index is 13.3. The van der Waals surface area contributed by atoms with Gasteiger partial charge in [-0.05, 0) is 6.07 Å². The summed E-state index contributed by atoms with van der Waals surface area (Å²) >= 11 is 0. The van der Waals surface area contributed by atoms with Crippen molar-refractivity contribution in [2.75, 3.05) is 20.7 Å². The molecule has 0 aliphatic rings. The molecule has 0 spiro atoms. The van der Waals surface area contributed by atoms with Gasteiger partial charge >= 0.3 is 0 Å². The van der Waals surface area contributed by atoms with Crippen molar-refractivity contribution in [2.45, 2.75) is 6.10 Å². The van der Waals surface area contributed by atoms with Gasteiger partial charge in [-0.3, -0.25) is 5.84 Å². The molecule has 0 fully saturated rings. The number of methoxy groups -OCH3 is 1. The van der Waals surface area contributed by atoms with Gasteiger partial charge in [-0.1, -0.05) is 18.2 Å². The van der Waals surface area contributed by atoms with Gasteiger partial charge in [-0.15, -0.1) is 0 Å². The third-order valence-electron chi connectivity index (χ3n) is 1.99. The summed E-state index contributed by atoms with van der Waals surface area (Å²) in [5.41, 5.74) is 0.535. The number of likely N-dealkylation sites (N-methyl/N-ethyl adjacent to an activating group) is 1. The smallest absolute Gasteiger partial charge is 0.129 e. The Kier molecular flexibility index (Phi) is 4.00. The molecule has 0 aromatic heterocycles. The number of rotatable bonds is 4. The highest BCUT2D eigenvalue weighted by Crippen LogP contribution is 2.19. The molecule has 3 nitrogen and oxygen atoms in total. The Bertz CT molecular complexity index is 291. The number of hydrazine groups is 1. The van der Waals surface area contributed by atoms with Crippen LogP contribution in [-0.4, -0.2) is 25.7 Å². The highest BCUT2D eigenvalue weighted by Gasteiger charge is 2.15. The zero-order valence-electron chi connectivity index (χ0n) is 8.40. The van der Waals surface area contributed by atoms with E-state index in [9.17, 15) is 4.39 Å². The van der Waals surface area contributed by atoms with Gasteiger partial charge in [-0.25, -0.2) is 9.40 Å². The Balaban J connectivity index is 2.83. The first-order valence-electron chi connectivity index (χ1n) is 4.38. The quantitative estimate of drug-likeness (QED) is 0.585. The molecule has 2 N–H and O–H groups in total. The van der Waals surface area contributed by atoms with Crippen LogP contribution < -0.4 is 5.84 Å². The summed E-state index contributed by atoms with van der Waals surface area (Å²) in [7, 11) is 3.26. The second-order valence-corrected chi connectivity index (χ2v) is 3.19. The lowest BCUT2D eigenvalue weighted by atomic mass is 10.1. The van der Waals surface area contributed by atoms with Crippen LogP contribution in [0.3, 0.4) is 0 Å². The molecular weight excluding hydrogens is 183 g/mol. The van der Waals surface area contributed by atoms with Gasteiger partial charge in [-0.2, -0.15) is 0 Å². The van der Waals surface area contributed by atoms with Crippen LogP contribution in [-0.2, 0) is 4.74 Å². The van der Waals surface area contributed by atoms with Gasteiger partial charge in [0.25, 0.3) is 0 Å². The largest absolute Gasteiger partial charge is 0.375 e. The molecule has 1 aromatic rings. The lowest BCUT2D eigenvalue weighted by molar-refractivity contribution is 0.0690. The maximum Gasteiger partial charge on any atom is 0.129 e. The zero-order valence-corrected chi connectivity index (χ0v) is 8.40. The van der Waals surface area contributed by atoms with E-state index >= 15 is 0 Å². The molecule has 0 aliphatic heterocycles. The third-order valence-corrected chi connectivity index (χ3v) is 1.99. The molecule has 0 radical (unpaired) electrons. The topological polar surface area (TPSA) is 38.5 Å². The molecule has 4 heteroatoms. The van der Waals surface area contributed by atoms with Crippen molar-refractivity contribution >= 4 is 0 Å². The summed E-state index contributed by atoms with van der Waals surface area (Å²) in [5, 5.41) is 1.47. The van der Waals surface area contributed by atoms with Crippen LogP contribution in [0.25, 0.3) is 0 Å². The fraction of sp³-hybridized carbons (Fsp3) is 0.400. The summed E-state index contributed by atoms with van der Waals surface area (Å²) < 4.78 is 18.5. The molecule has 1 atom stereocenters. The second-order valence-electron chi connectivity index (χ2n) is 3.19. The Hall–Kier alpha value is -0.970. The first-order valence-corrected chi connectivity index (χ1v) is 4.38. The van der Waals surface area contributed by atoms with Gasteiger partial charge in [0, 0.05) is 26.3 Å². The number of ether oxygens (including phenoxy) is 1. The molecule has 14 heavy (non-hydrogen) atoms. The van der Waals surface area contributed by atoms with E-state index in [0.717, 1.165) is 0 Å². The fourth-order valence-corrected chi connectivity index (χ4v) is 1.30. The first kappa shape index (κ1) is 11.1. The molecule has 78 valence electrons. The Morgan fingerprint density at radius 1 is 1.50 bits per heavy atom. The standard InChI is InChI=1S/C10H15FN2O/c1-13(12)7-10(14-2)8-5-3-4-6-9(8)11/h3-6,10H,7,12H2,1-2H3. The normalized spacial score (nSPS) is 13.2. The number of benzene rings is 1. The van der Waals surface area contributed by atoms with Crippen molar-refractivity contribution in [3.05, 3.63) is 35.6 Å². The molecule has 0 aliphatic carbocycles. The Morgan fingerprint density at radius 3 is 2.64 bits per heavy atom. The predicted molar refractivity (Wildman–Crippen MR) is 53.0 cm³/mol. The van der Waals surface area contributed by atoms with Crippen molar-refractivity contribution in [3.63, 3.8) is 0 Å². The Morgan fingerprint density at radius 2 is 2.14 bits per heavy atom. The van der Waals surface area contributed by atoms with Crippen LogP contribution in [0, 0.1) is 5.82 Å². The number of hydrogen-bond acceptors (Lipinski definition) is 3. The van der Waals surface area contributed by atoms with Crippen LogP contribution in [0.1, 0.15) is 11.7 Å². The van der Waals surface area contributed by atoms with Gasteiger partial charge in [0.05, 0.1) is 6.10 Å². The summed E-state index contributed by atoms with van der Waals surface area (Å²) in [6.45, 7) is 0.456. The molecule has 0 amide bonds. The van der Waals surface area contributed by atoms with E-state index in [2.05, 4.69) is 0 Å². The minimum absolute atomic E-state index is 0.263. The second kappa shape index (κ2) is 5.05. The van der Waals surface area contributed by atoms with E-state index < -0.39 is 0 Å². The van der Waals surface area contributed by atoms with Crippen molar-refractivity contribution in [1.29, 1.82) is 0 Å². The average molecular weight is 198 g/mol. The SMILES string of the molecule is COC(CN(C)N)c1ccccc1F. The highest BCUT2D eigenvalue weighted by atomic mass is 19.1. The van der Waals surface area contributed by atoms with E-state index in [-0.39, 0.29) is 11.9 Å². The predicted octanol–water partition coefficient (Wildman–Crippen LogP) is 1.32. The van der Waals surface area contributed by atoms with Crippen molar-refractivity contribution < 1.29 is 9.13 Å². The lowest BCUT2D eigenvalue weighted by Gasteiger charge is -2.20. The summed E-state index contributed by atoms with van der Waals surface area (Å²) in [6, 6.07) is 6.55. The van der Waals surface area contributed by atoms with E-state index in [4.69, 9.17) is 10.6 Å². The molecule has 0 saturated carbocycles. The molecule has 1 rings (SSSR count). The highest BCUT2D eigenvalue weighted by molar-refractivity contribution is 5.20. The maximum atomic E-state index is 13.3. The number of halogens is 1. The van der Waals surface area contributed by atoms with Gasteiger partial charge < -0.3 is 4.74 Å². The van der Waals surface area contributed by atoms with Gasteiger partial charge in [0.1, 0.15) is 5.82 Å². The minimum atomic E-state index is -0.328. The fourth-order valence-electron chi connectivity index (χ4n) is 1.30. The first-order chi connectivity index (χ1) is 6.65. The van der Waals surface area contributed by atoms with Crippen molar-refractivity contribution in [2.24, 2.45) is 5.84 Å². The summed E-state index contributed by atoms with van der Waals surface area (Å²) in [4.78, 5) is 0. The summed E-state index contributed by atoms with van der Waals surface area (Å²) in [6.07, 6.45) is -0.328. The number of hydrogen-bond donors (Lipinski definition) is 1. The van der Waals surface area contributed by atoms with Gasteiger partial charge in [0.2, 0.25) is 0 Å². The number of nitrogens with two attached hydrogens (primary N) is 1. The van der Waals surface area contributed by atoms with Crippen LogP contribution >= 0.6 is 0 Å². The van der Waals surface area contributed by atoms with Crippen LogP contribution in [0.4, 0.5) is 4.39 Å². The van der Waals surface area contributed by atoms with E-state index in [1.54, 1.807) is 32.4 Å². The van der Waals surface area contributed by atoms with Crippen molar-refractivity contribution in [3.8, 4) is 0 Å². The lowest BCUT2D eigenvalue weighted by Crippen LogP contribution is -2.31.